The molecule has 1 unspecified atom stereocenters. The predicted molar refractivity (Wildman–Crippen MR) is 84.7 cm³/mol. The van der Waals surface area contributed by atoms with Gasteiger partial charge in [-0.15, -0.1) is 0 Å². The van der Waals surface area contributed by atoms with Gasteiger partial charge in [0.05, 0.1) is 25.8 Å². The molecular formula is C14H14BrNO6S. The van der Waals surface area contributed by atoms with Crippen LogP contribution < -0.4 is 9.46 Å². The number of ether oxygens (including phenoxy) is 1. The van der Waals surface area contributed by atoms with Gasteiger partial charge < -0.3 is 14.3 Å². The summed E-state index contributed by atoms with van der Waals surface area (Å²) in [4.78, 5) is 10.9. The van der Waals surface area contributed by atoms with Crippen LogP contribution in [0, 0.1) is 0 Å². The van der Waals surface area contributed by atoms with Gasteiger partial charge >= 0.3 is 5.97 Å². The van der Waals surface area contributed by atoms with Crippen molar-refractivity contribution in [2.24, 2.45) is 0 Å². The Kier molecular flexibility index (Phi) is 5.45. The lowest BCUT2D eigenvalue weighted by atomic mass is 10.2. The molecular weight excluding hydrogens is 390 g/mol. The van der Waals surface area contributed by atoms with E-state index in [0.29, 0.717) is 4.47 Å². The first-order valence-corrected chi connectivity index (χ1v) is 8.72. The molecule has 1 atom stereocenters. The van der Waals surface area contributed by atoms with E-state index >= 15 is 0 Å². The molecule has 23 heavy (non-hydrogen) atoms. The van der Waals surface area contributed by atoms with Gasteiger partial charge in [-0.2, -0.15) is 4.72 Å². The second kappa shape index (κ2) is 7.16. The van der Waals surface area contributed by atoms with Crippen molar-refractivity contribution in [3.63, 3.8) is 0 Å². The van der Waals surface area contributed by atoms with Crippen LogP contribution in [0.1, 0.15) is 18.2 Å². The Hall–Kier alpha value is -1.84. The van der Waals surface area contributed by atoms with Gasteiger partial charge in [0, 0.05) is 4.47 Å². The van der Waals surface area contributed by atoms with Gasteiger partial charge in [-0.05, 0) is 30.3 Å². The van der Waals surface area contributed by atoms with Gasteiger partial charge in [-0.3, -0.25) is 4.79 Å². The molecule has 0 spiro atoms. The minimum Gasteiger partial charge on any atom is -0.495 e. The minimum absolute atomic E-state index is 0.101. The van der Waals surface area contributed by atoms with Gasteiger partial charge in [-0.25, -0.2) is 8.42 Å². The first kappa shape index (κ1) is 17.5. The summed E-state index contributed by atoms with van der Waals surface area (Å²) < 4.78 is 38.3. The van der Waals surface area contributed by atoms with Crippen molar-refractivity contribution >= 4 is 31.9 Å². The van der Waals surface area contributed by atoms with Crippen molar-refractivity contribution in [1.82, 2.24) is 4.72 Å². The average molecular weight is 404 g/mol. The Morgan fingerprint density at radius 1 is 1.43 bits per heavy atom. The lowest BCUT2D eigenvalue weighted by Crippen LogP contribution is -2.30. The van der Waals surface area contributed by atoms with Gasteiger partial charge in [0.2, 0.25) is 10.0 Å². The summed E-state index contributed by atoms with van der Waals surface area (Å²) in [6.45, 7) is 0. The molecule has 7 nitrogen and oxygen atoms in total. The number of sulfonamides is 1. The Balaban J connectivity index is 2.38. The van der Waals surface area contributed by atoms with E-state index in [1.165, 1.54) is 31.6 Å². The molecule has 0 aliphatic carbocycles. The minimum atomic E-state index is -4.02. The lowest BCUT2D eigenvalue weighted by Gasteiger charge is -2.16. The maximum absolute atomic E-state index is 12.6. The van der Waals surface area contributed by atoms with Crippen LogP contribution in [0.2, 0.25) is 0 Å². The van der Waals surface area contributed by atoms with Crippen LogP contribution >= 0.6 is 15.9 Å². The van der Waals surface area contributed by atoms with E-state index in [1.807, 2.05) is 0 Å². The standard InChI is InChI=1S/C14H14BrNO6S/c1-21-12-5-4-9(15)7-13(12)23(19,20)16-10(8-14(17)18)11-3-2-6-22-11/h2-7,10,16H,8H2,1H3,(H,17,18). The number of benzene rings is 1. The molecule has 0 saturated carbocycles. The Labute approximate surface area is 141 Å². The van der Waals surface area contributed by atoms with E-state index < -0.39 is 28.5 Å². The maximum atomic E-state index is 12.6. The second-order valence-electron chi connectivity index (χ2n) is 4.58. The maximum Gasteiger partial charge on any atom is 0.305 e. The number of rotatable bonds is 7. The molecule has 2 rings (SSSR count). The summed E-state index contributed by atoms with van der Waals surface area (Å²) in [7, 11) is -2.67. The lowest BCUT2D eigenvalue weighted by molar-refractivity contribution is -0.137. The quantitative estimate of drug-likeness (QED) is 0.735. The van der Waals surface area contributed by atoms with Crippen LogP contribution in [-0.2, 0) is 14.8 Å². The highest BCUT2D eigenvalue weighted by Crippen LogP contribution is 2.29. The predicted octanol–water partition coefficient (Wildman–Crippen LogP) is 2.54. The van der Waals surface area contributed by atoms with E-state index in [9.17, 15) is 13.2 Å². The first-order valence-electron chi connectivity index (χ1n) is 6.44. The van der Waals surface area contributed by atoms with Gasteiger partial charge in [0.1, 0.15) is 16.4 Å². The smallest absolute Gasteiger partial charge is 0.305 e. The van der Waals surface area contributed by atoms with Crippen LogP contribution in [0.15, 0.2) is 50.4 Å². The normalized spacial score (nSPS) is 12.8. The largest absolute Gasteiger partial charge is 0.495 e. The number of hydrogen-bond donors (Lipinski definition) is 2. The highest BCUT2D eigenvalue weighted by atomic mass is 79.9. The van der Waals surface area contributed by atoms with E-state index in [-0.39, 0.29) is 16.4 Å². The van der Waals surface area contributed by atoms with Crippen molar-refractivity contribution in [3.8, 4) is 5.75 Å². The molecule has 0 aliphatic heterocycles. The van der Waals surface area contributed by atoms with Crippen LogP contribution in [-0.4, -0.2) is 26.6 Å². The molecule has 0 aliphatic rings. The number of halogens is 1. The summed E-state index contributed by atoms with van der Waals surface area (Å²) >= 11 is 3.20. The molecule has 0 radical (unpaired) electrons. The first-order chi connectivity index (χ1) is 10.8. The number of furan rings is 1. The summed E-state index contributed by atoms with van der Waals surface area (Å²) in [6.07, 6.45) is 0.890. The van der Waals surface area contributed by atoms with Crippen molar-refractivity contribution < 1.29 is 27.5 Å². The zero-order chi connectivity index (χ0) is 17.0. The average Bonchev–Trinajstić information content (AvgIpc) is 3.00. The van der Waals surface area contributed by atoms with Crippen molar-refractivity contribution in [2.45, 2.75) is 17.4 Å². The fraction of sp³-hybridized carbons (Fsp3) is 0.214. The fourth-order valence-electron chi connectivity index (χ4n) is 1.98. The Morgan fingerprint density at radius 2 is 2.17 bits per heavy atom. The van der Waals surface area contributed by atoms with Crippen LogP contribution in [0.3, 0.4) is 0 Å². The number of hydrogen-bond acceptors (Lipinski definition) is 5. The van der Waals surface area contributed by atoms with E-state index in [4.69, 9.17) is 14.3 Å². The SMILES string of the molecule is COc1ccc(Br)cc1S(=O)(=O)NC(CC(=O)O)c1ccco1. The third-order valence-electron chi connectivity index (χ3n) is 2.98. The molecule has 0 saturated heterocycles. The summed E-state index contributed by atoms with van der Waals surface area (Å²) in [5.74, 6) is -0.797. The number of carbonyl (C=O) groups is 1. The van der Waals surface area contributed by atoms with E-state index in [1.54, 1.807) is 12.1 Å². The molecule has 0 fully saturated rings. The molecule has 124 valence electrons. The number of carboxylic acid groups (broad SMARTS) is 1. The topological polar surface area (TPSA) is 106 Å². The van der Waals surface area contributed by atoms with Crippen molar-refractivity contribution in [1.29, 1.82) is 0 Å². The van der Waals surface area contributed by atoms with Crippen molar-refractivity contribution in [3.05, 3.63) is 46.8 Å². The highest BCUT2D eigenvalue weighted by Gasteiger charge is 2.27. The van der Waals surface area contributed by atoms with Crippen LogP contribution in [0.5, 0.6) is 5.75 Å². The van der Waals surface area contributed by atoms with Crippen LogP contribution in [0.25, 0.3) is 0 Å². The highest BCUT2D eigenvalue weighted by molar-refractivity contribution is 9.10. The molecule has 1 aromatic heterocycles. The zero-order valence-electron chi connectivity index (χ0n) is 12.0. The number of carboxylic acids is 1. The number of methoxy groups -OCH3 is 1. The Bertz CT molecular complexity index is 788. The third-order valence-corrected chi connectivity index (χ3v) is 4.96. The van der Waals surface area contributed by atoms with Gasteiger partial charge in [0.15, 0.2) is 0 Å². The Morgan fingerprint density at radius 3 is 2.74 bits per heavy atom. The zero-order valence-corrected chi connectivity index (χ0v) is 14.4. The second-order valence-corrected chi connectivity index (χ2v) is 7.18. The van der Waals surface area contributed by atoms with Crippen LogP contribution in [0.4, 0.5) is 0 Å². The molecule has 1 heterocycles. The summed E-state index contributed by atoms with van der Waals surface area (Å²) in [6, 6.07) is 6.54. The molecule has 2 N–H and O–H groups in total. The molecule has 1 aromatic carbocycles. The van der Waals surface area contributed by atoms with E-state index in [0.717, 1.165) is 0 Å². The molecule has 9 heteroatoms. The number of nitrogens with one attached hydrogen (secondary N) is 1. The summed E-state index contributed by atoms with van der Waals surface area (Å²) in [5, 5.41) is 8.99. The third kappa shape index (κ3) is 4.34. The molecule has 0 bridgehead atoms. The fourth-order valence-corrected chi connectivity index (χ4v) is 3.89. The van der Waals surface area contributed by atoms with Crippen molar-refractivity contribution in [2.75, 3.05) is 7.11 Å². The molecule has 2 aromatic rings. The number of aliphatic carboxylic acids is 1. The molecule has 0 amide bonds. The van der Waals surface area contributed by atoms with Gasteiger partial charge in [-0.1, -0.05) is 15.9 Å². The monoisotopic (exact) mass is 403 g/mol. The van der Waals surface area contributed by atoms with Gasteiger partial charge in [0.25, 0.3) is 0 Å². The van der Waals surface area contributed by atoms with E-state index in [2.05, 4.69) is 20.7 Å². The summed E-state index contributed by atoms with van der Waals surface area (Å²) in [5.41, 5.74) is 0.